The molecule has 4 heteroatoms. The predicted octanol–water partition coefficient (Wildman–Crippen LogP) is 2.08. The molecule has 0 aliphatic rings. The first-order valence-corrected chi connectivity index (χ1v) is 5.40. The molecule has 14 heavy (non-hydrogen) atoms. The molecule has 0 unspecified atom stereocenters. The molecule has 0 bridgehead atoms. The lowest BCUT2D eigenvalue weighted by Gasteiger charge is -2.08. The quantitative estimate of drug-likeness (QED) is 0.822. The third-order valence-corrected chi connectivity index (χ3v) is 2.50. The largest absolute Gasteiger partial charge is 0.347 e. The first-order chi connectivity index (χ1) is 6.63. The van der Waals surface area contributed by atoms with Gasteiger partial charge in [0.05, 0.1) is 10.3 Å². The van der Waals surface area contributed by atoms with Gasteiger partial charge >= 0.3 is 0 Å². The molecule has 0 saturated carbocycles. The van der Waals surface area contributed by atoms with Crippen LogP contribution in [0.2, 0.25) is 0 Å². The van der Waals surface area contributed by atoms with Crippen LogP contribution in [0, 0.1) is 0 Å². The van der Waals surface area contributed by atoms with Gasteiger partial charge in [-0.1, -0.05) is 0 Å². The van der Waals surface area contributed by atoms with Crippen molar-refractivity contribution in [3.8, 4) is 0 Å². The standard InChI is InChI=1S/C10H15BrN2O/c1-13(2)5-3-4-8-6-10(11)12-9(8)7-14/h6-7,12H,3-5H2,1-2H3. The molecule has 0 aliphatic carbocycles. The maximum absolute atomic E-state index is 10.7. The predicted molar refractivity (Wildman–Crippen MR) is 60.8 cm³/mol. The maximum Gasteiger partial charge on any atom is 0.166 e. The Balaban J connectivity index is 2.53. The van der Waals surface area contributed by atoms with Crippen LogP contribution in [-0.2, 0) is 6.42 Å². The zero-order valence-corrected chi connectivity index (χ0v) is 10.1. The van der Waals surface area contributed by atoms with E-state index in [1.807, 2.05) is 20.2 Å². The number of hydrogen-bond acceptors (Lipinski definition) is 2. The van der Waals surface area contributed by atoms with Crippen LogP contribution in [0.1, 0.15) is 22.5 Å². The van der Waals surface area contributed by atoms with Crippen molar-refractivity contribution in [1.82, 2.24) is 9.88 Å². The summed E-state index contributed by atoms with van der Waals surface area (Å²) in [6, 6.07) is 1.97. The highest BCUT2D eigenvalue weighted by Crippen LogP contribution is 2.16. The Morgan fingerprint density at radius 3 is 2.86 bits per heavy atom. The molecular formula is C10H15BrN2O. The molecule has 3 nitrogen and oxygen atoms in total. The van der Waals surface area contributed by atoms with Crippen LogP contribution in [0.4, 0.5) is 0 Å². The van der Waals surface area contributed by atoms with Crippen LogP contribution < -0.4 is 0 Å². The summed E-state index contributed by atoms with van der Waals surface area (Å²) in [6.45, 7) is 1.04. The van der Waals surface area contributed by atoms with Gasteiger partial charge in [-0.3, -0.25) is 4.79 Å². The molecule has 0 aromatic carbocycles. The summed E-state index contributed by atoms with van der Waals surface area (Å²) >= 11 is 3.32. The first kappa shape index (κ1) is 11.5. The third kappa shape index (κ3) is 3.27. The van der Waals surface area contributed by atoms with Crippen LogP contribution >= 0.6 is 15.9 Å². The fourth-order valence-electron chi connectivity index (χ4n) is 1.37. The van der Waals surface area contributed by atoms with Crippen molar-refractivity contribution in [3.63, 3.8) is 0 Å². The summed E-state index contributed by atoms with van der Waals surface area (Å²) in [7, 11) is 4.10. The summed E-state index contributed by atoms with van der Waals surface area (Å²) in [5, 5.41) is 0. The number of halogens is 1. The minimum absolute atomic E-state index is 0.690. The molecule has 1 N–H and O–H groups in total. The van der Waals surface area contributed by atoms with Crippen molar-refractivity contribution < 1.29 is 4.79 Å². The summed E-state index contributed by atoms with van der Waals surface area (Å²) in [5.74, 6) is 0. The average molecular weight is 259 g/mol. The van der Waals surface area contributed by atoms with Gasteiger partial charge in [-0.15, -0.1) is 0 Å². The van der Waals surface area contributed by atoms with Crippen molar-refractivity contribution in [2.75, 3.05) is 20.6 Å². The molecule has 0 fully saturated rings. The molecular weight excluding hydrogens is 244 g/mol. The molecule has 0 amide bonds. The number of carbonyl (C=O) groups is 1. The molecule has 0 radical (unpaired) electrons. The summed E-state index contributed by atoms with van der Waals surface area (Å²) in [4.78, 5) is 15.8. The van der Waals surface area contributed by atoms with E-state index < -0.39 is 0 Å². The molecule has 0 aliphatic heterocycles. The monoisotopic (exact) mass is 258 g/mol. The summed E-state index contributed by atoms with van der Waals surface area (Å²) in [5.41, 5.74) is 1.78. The normalized spacial score (nSPS) is 10.9. The number of nitrogens with one attached hydrogen (secondary N) is 1. The minimum Gasteiger partial charge on any atom is -0.347 e. The second kappa shape index (κ2) is 5.32. The Labute approximate surface area is 92.6 Å². The number of H-pyrrole nitrogens is 1. The second-order valence-electron chi connectivity index (χ2n) is 3.58. The SMILES string of the molecule is CN(C)CCCc1cc(Br)[nH]c1C=O. The van der Waals surface area contributed by atoms with E-state index in [-0.39, 0.29) is 0 Å². The Bertz CT molecular complexity index is 307. The molecule has 0 spiro atoms. The summed E-state index contributed by atoms with van der Waals surface area (Å²) in [6.07, 6.45) is 2.88. The van der Waals surface area contributed by atoms with E-state index in [0.717, 1.165) is 35.8 Å². The van der Waals surface area contributed by atoms with Gasteiger partial charge in [0.1, 0.15) is 0 Å². The van der Waals surface area contributed by atoms with Gasteiger partial charge in [0.25, 0.3) is 0 Å². The lowest BCUT2D eigenvalue weighted by molar-refractivity contribution is 0.111. The van der Waals surface area contributed by atoms with Crippen molar-refractivity contribution in [2.45, 2.75) is 12.8 Å². The minimum atomic E-state index is 0.690. The van der Waals surface area contributed by atoms with E-state index in [2.05, 4.69) is 25.8 Å². The topological polar surface area (TPSA) is 36.1 Å². The van der Waals surface area contributed by atoms with Gasteiger partial charge < -0.3 is 9.88 Å². The van der Waals surface area contributed by atoms with Crippen LogP contribution in [0.3, 0.4) is 0 Å². The van der Waals surface area contributed by atoms with Crippen molar-refractivity contribution in [2.24, 2.45) is 0 Å². The number of aromatic amines is 1. The number of rotatable bonds is 5. The van der Waals surface area contributed by atoms with Gasteiger partial charge in [0, 0.05) is 0 Å². The van der Waals surface area contributed by atoms with Gasteiger partial charge in [-0.25, -0.2) is 0 Å². The average Bonchev–Trinajstić information content (AvgIpc) is 2.45. The Hall–Kier alpha value is -0.610. The number of carbonyl (C=O) groups excluding carboxylic acids is 1. The van der Waals surface area contributed by atoms with Crippen molar-refractivity contribution >= 4 is 22.2 Å². The number of aryl methyl sites for hydroxylation is 1. The molecule has 0 atom stereocenters. The maximum atomic E-state index is 10.7. The number of nitrogens with zero attached hydrogens (tertiary/aromatic N) is 1. The van der Waals surface area contributed by atoms with E-state index in [4.69, 9.17) is 0 Å². The number of aromatic nitrogens is 1. The Morgan fingerprint density at radius 1 is 1.57 bits per heavy atom. The summed E-state index contributed by atoms with van der Waals surface area (Å²) < 4.78 is 0.874. The lowest BCUT2D eigenvalue weighted by Crippen LogP contribution is -2.13. The Kier molecular flexibility index (Phi) is 4.35. The second-order valence-corrected chi connectivity index (χ2v) is 4.44. The molecule has 78 valence electrons. The molecule has 1 aromatic heterocycles. The van der Waals surface area contributed by atoms with Crippen LogP contribution in [0.15, 0.2) is 10.7 Å². The van der Waals surface area contributed by atoms with E-state index in [0.29, 0.717) is 5.69 Å². The van der Waals surface area contributed by atoms with E-state index in [9.17, 15) is 4.79 Å². The highest BCUT2D eigenvalue weighted by molar-refractivity contribution is 9.10. The molecule has 1 aromatic rings. The van der Waals surface area contributed by atoms with Gasteiger partial charge in [0.2, 0.25) is 0 Å². The van der Waals surface area contributed by atoms with E-state index >= 15 is 0 Å². The van der Waals surface area contributed by atoms with Crippen LogP contribution in [0.25, 0.3) is 0 Å². The molecule has 1 heterocycles. The zero-order valence-electron chi connectivity index (χ0n) is 8.51. The zero-order chi connectivity index (χ0) is 10.6. The van der Waals surface area contributed by atoms with Gasteiger partial charge in [0.15, 0.2) is 6.29 Å². The van der Waals surface area contributed by atoms with Gasteiger partial charge in [-0.05, 0) is 61.0 Å². The fourth-order valence-corrected chi connectivity index (χ4v) is 1.86. The van der Waals surface area contributed by atoms with E-state index in [1.54, 1.807) is 0 Å². The smallest absolute Gasteiger partial charge is 0.166 e. The Morgan fingerprint density at radius 2 is 2.29 bits per heavy atom. The molecule has 0 saturated heterocycles. The van der Waals surface area contributed by atoms with E-state index in [1.165, 1.54) is 0 Å². The molecule has 1 rings (SSSR count). The van der Waals surface area contributed by atoms with Gasteiger partial charge in [-0.2, -0.15) is 0 Å². The van der Waals surface area contributed by atoms with Crippen LogP contribution in [0.5, 0.6) is 0 Å². The van der Waals surface area contributed by atoms with Crippen LogP contribution in [-0.4, -0.2) is 36.8 Å². The highest BCUT2D eigenvalue weighted by atomic mass is 79.9. The number of hydrogen-bond donors (Lipinski definition) is 1. The lowest BCUT2D eigenvalue weighted by atomic mass is 10.1. The number of aldehydes is 1. The highest BCUT2D eigenvalue weighted by Gasteiger charge is 2.05. The van der Waals surface area contributed by atoms with Crippen molar-refractivity contribution in [1.29, 1.82) is 0 Å². The van der Waals surface area contributed by atoms with Crippen molar-refractivity contribution in [3.05, 3.63) is 21.9 Å². The first-order valence-electron chi connectivity index (χ1n) is 4.60. The third-order valence-electron chi connectivity index (χ3n) is 2.07. The fraction of sp³-hybridized carbons (Fsp3) is 0.500.